The van der Waals surface area contributed by atoms with E-state index < -0.39 is 0 Å². The second-order valence-corrected chi connectivity index (χ2v) is 6.40. The molecular formula is C16H25N7O. The third kappa shape index (κ3) is 3.93. The predicted molar refractivity (Wildman–Crippen MR) is 89.1 cm³/mol. The van der Waals surface area contributed by atoms with Gasteiger partial charge in [-0.15, -0.1) is 0 Å². The van der Waals surface area contributed by atoms with Gasteiger partial charge in [0, 0.05) is 39.1 Å². The molecule has 2 aromatic heterocycles. The largest absolute Gasteiger partial charge is 0.328 e. The van der Waals surface area contributed by atoms with Gasteiger partial charge < -0.3 is 10.2 Å². The lowest BCUT2D eigenvalue weighted by molar-refractivity contribution is 0.163. The number of carbonyl (C=O) groups is 1. The van der Waals surface area contributed by atoms with Crippen LogP contribution in [0.2, 0.25) is 0 Å². The Balaban J connectivity index is 1.42. The maximum absolute atomic E-state index is 12.4. The molecule has 1 aliphatic heterocycles. The number of likely N-dealkylation sites (tertiary alicyclic amines) is 1. The number of rotatable bonds is 5. The van der Waals surface area contributed by atoms with Crippen LogP contribution in [0.4, 0.5) is 4.79 Å². The Morgan fingerprint density at radius 3 is 2.79 bits per heavy atom. The van der Waals surface area contributed by atoms with Crippen LogP contribution in [-0.4, -0.2) is 48.6 Å². The Bertz CT molecular complexity index is 643. The number of carbonyl (C=O) groups excluding carboxylic acids is 1. The highest BCUT2D eigenvalue weighted by Gasteiger charge is 2.24. The average Bonchev–Trinajstić information content (AvgIpc) is 3.24. The smallest absolute Gasteiger partial charge is 0.317 e. The van der Waals surface area contributed by atoms with Crippen LogP contribution in [0.3, 0.4) is 0 Å². The normalized spacial score (nSPS) is 17.0. The van der Waals surface area contributed by atoms with Crippen molar-refractivity contribution >= 4 is 6.03 Å². The molecule has 2 aromatic rings. The number of aryl methyl sites for hydroxylation is 2. The number of nitrogens with one attached hydrogen (secondary N) is 1. The Hall–Kier alpha value is -2.38. The highest BCUT2D eigenvalue weighted by molar-refractivity contribution is 5.74. The Morgan fingerprint density at radius 1 is 1.38 bits per heavy atom. The number of aromatic nitrogens is 5. The highest BCUT2D eigenvalue weighted by Crippen LogP contribution is 2.21. The van der Waals surface area contributed by atoms with Crippen molar-refractivity contribution in [1.82, 2.24) is 34.8 Å². The van der Waals surface area contributed by atoms with Gasteiger partial charge in [0.05, 0.1) is 6.04 Å². The SMILES string of the molecule is CC(NC(=O)N1CCC(CCn2cccn2)CC1)c1ncnn1C. The second-order valence-electron chi connectivity index (χ2n) is 6.40. The molecule has 3 rings (SSSR count). The lowest BCUT2D eigenvalue weighted by Crippen LogP contribution is -2.45. The van der Waals surface area contributed by atoms with Crippen molar-refractivity contribution in [3.05, 3.63) is 30.6 Å². The van der Waals surface area contributed by atoms with Crippen LogP contribution in [0.5, 0.6) is 0 Å². The first-order chi connectivity index (χ1) is 11.6. The van der Waals surface area contributed by atoms with Crippen LogP contribution in [-0.2, 0) is 13.6 Å². The standard InChI is InChI=1S/C16H25N7O/c1-13(15-17-12-19-21(15)2)20-16(24)22-9-4-14(5-10-22)6-11-23-8-3-7-18-23/h3,7-8,12-14H,4-6,9-11H2,1-2H3,(H,20,24). The van der Waals surface area contributed by atoms with Crippen molar-refractivity contribution in [3.63, 3.8) is 0 Å². The number of hydrogen-bond acceptors (Lipinski definition) is 4. The van der Waals surface area contributed by atoms with Crippen molar-refractivity contribution in [3.8, 4) is 0 Å². The first-order valence-corrected chi connectivity index (χ1v) is 8.50. The first kappa shape index (κ1) is 16.5. The Morgan fingerprint density at radius 2 is 2.17 bits per heavy atom. The number of nitrogens with zero attached hydrogens (tertiary/aromatic N) is 6. The summed E-state index contributed by atoms with van der Waals surface area (Å²) < 4.78 is 3.66. The zero-order valence-electron chi connectivity index (χ0n) is 14.3. The number of piperidine rings is 1. The van der Waals surface area contributed by atoms with Crippen LogP contribution >= 0.6 is 0 Å². The third-order valence-corrected chi connectivity index (χ3v) is 4.70. The maximum Gasteiger partial charge on any atom is 0.317 e. The molecule has 1 fully saturated rings. The highest BCUT2D eigenvalue weighted by atomic mass is 16.2. The zero-order chi connectivity index (χ0) is 16.9. The molecule has 3 heterocycles. The fourth-order valence-electron chi connectivity index (χ4n) is 3.21. The summed E-state index contributed by atoms with van der Waals surface area (Å²) in [5, 5.41) is 11.3. The van der Waals surface area contributed by atoms with Crippen LogP contribution in [0.25, 0.3) is 0 Å². The second kappa shape index (κ2) is 7.46. The van der Waals surface area contributed by atoms with Gasteiger partial charge >= 0.3 is 6.03 Å². The summed E-state index contributed by atoms with van der Waals surface area (Å²) in [6.45, 7) is 4.49. The predicted octanol–water partition coefficient (Wildman–Crippen LogP) is 1.58. The monoisotopic (exact) mass is 331 g/mol. The molecule has 8 nitrogen and oxygen atoms in total. The summed E-state index contributed by atoms with van der Waals surface area (Å²) in [5.74, 6) is 1.42. The average molecular weight is 331 g/mol. The molecule has 1 atom stereocenters. The molecule has 0 bridgehead atoms. The van der Waals surface area contributed by atoms with E-state index in [2.05, 4.69) is 20.5 Å². The fourth-order valence-corrected chi connectivity index (χ4v) is 3.21. The molecule has 0 aliphatic carbocycles. The van der Waals surface area contributed by atoms with Gasteiger partial charge in [-0.25, -0.2) is 9.78 Å². The van der Waals surface area contributed by atoms with Crippen molar-refractivity contribution in [1.29, 1.82) is 0 Å². The van der Waals surface area contributed by atoms with Gasteiger partial charge in [-0.1, -0.05) is 0 Å². The minimum absolute atomic E-state index is 0.0176. The Kier molecular flexibility index (Phi) is 5.12. The van der Waals surface area contributed by atoms with Gasteiger partial charge in [-0.3, -0.25) is 9.36 Å². The van der Waals surface area contributed by atoms with E-state index in [4.69, 9.17) is 0 Å². The summed E-state index contributed by atoms with van der Waals surface area (Å²) in [4.78, 5) is 18.5. The van der Waals surface area contributed by atoms with Crippen LogP contribution < -0.4 is 5.32 Å². The zero-order valence-corrected chi connectivity index (χ0v) is 14.3. The molecule has 1 saturated heterocycles. The Labute approximate surface area is 141 Å². The quantitative estimate of drug-likeness (QED) is 0.902. The fraction of sp³-hybridized carbons (Fsp3) is 0.625. The van der Waals surface area contributed by atoms with Crippen LogP contribution in [0, 0.1) is 5.92 Å². The lowest BCUT2D eigenvalue weighted by atomic mass is 9.94. The van der Waals surface area contributed by atoms with E-state index >= 15 is 0 Å². The minimum atomic E-state index is -0.150. The molecule has 130 valence electrons. The molecule has 0 aromatic carbocycles. The van der Waals surface area contributed by atoms with Gasteiger partial charge in [-0.05, 0) is 38.2 Å². The molecule has 0 radical (unpaired) electrons. The molecule has 8 heteroatoms. The molecule has 24 heavy (non-hydrogen) atoms. The van der Waals surface area contributed by atoms with E-state index in [0.29, 0.717) is 5.92 Å². The molecule has 1 N–H and O–H groups in total. The number of hydrogen-bond donors (Lipinski definition) is 1. The number of amides is 2. The molecule has 1 unspecified atom stereocenters. The van der Waals surface area contributed by atoms with E-state index in [1.807, 2.05) is 42.0 Å². The van der Waals surface area contributed by atoms with E-state index in [1.54, 1.807) is 4.68 Å². The van der Waals surface area contributed by atoms with Gasteiger partial charge in [-0.2, -0.15) is 10.2 Å². The molecular weight excluding hydrogens is 306 g/mol. The van der Waals surface area contributed by atoms with Gasteiger partial charge in [0.1, 0.15) is 12.2 Å². The first-order valence-electron chi connectivity index (χ1n) is 8.50. The van der Waals surface area contributed by atoms with Crippen LogP contribution in [0.15, 0.2) is 24.8 Å². The minimum Gasteiger partial charge on any atom is -0.328 e. The van der Waals surface area contributed by atoms with Gasteiger partial charge in [0.15, 0.2) is 0 Å². The van der Waals surface area contributed by atoms with Crippen LogP contribution in [0.1, 0.15) is 38.1 Å². The van der Waals surface area contributed by atoms with Crippen molar-refractivity contribution in [2.75, 3.05) is 13.1 Å². The van der Waals surface area contributed by atoms with E-state index in [-0.39, 0.29) is 12.1 Å². The molecule has 1 aliphatic rings. The molecule has 0 saturated carbocycles. The van der Waals surface area contributed by atoms with Crippen molar-refractivity contribution < 1.29 is 4.79 Å². The summed E-state index contributed by atoms with van der Waals surface area (Å²) >= 11 is 0. The van der Waals surface area contributed by atoms with Gasteiger partial charge in [0.25, 0.3) is 0 Å². The van der Waals surface area contributed by atoms with E-state index in [9.17, 15) is 4.79 Å². The van der Waals surface area contributed by atoms with E-state index in [0.717, 1.165) is 44.7 Å². The summed E-state index contributed by atoms with van der Waals surface area (Å²) in [6.07, 6.45) is 8.53. The van der Waals surface area contributed by atoms with E-state index in [1.165, 1.54) is 6.33 Å². The van der Waals surface area contributed by atoms with Crippen molar-refractivity contribution in [2.24, 2.45) is 13.0 Å². The lowest BCUT2D eigenvalue weighted by Gasteiger charge is -2.32. The topological polar surface area (TPSA) is 80.9 Å². The molecule has 2 amide bonds. The summed E-state index contributed by atoms with van der Waals surface area (Å²) in [7, 11) is 1.83. The maximum atomic E-state index is 12.4. The van der Waals surface area contributed by atoms with Crippen molar-refractivity contribution in [2.45, 2.75) is 38.8 Å². The summed E-state index contributed by atoms with van der Waals surface area (Å²) in [5.41, 5.74) is 0. The summed E-state index contributed by atoms with van der Waals surface area (Å²) in [6, 6.07) is 1.78. The third-order valence-electron chi connectivity index (χ3n) is 4.70. The number of urea groups is 1. The molecule has 0 spiro atoms. The van der Waals surface area contributed by atoms with Gasteiger partial charge in [0.2, 0.25) is 0 Å².